The number of aliphatic hydroxyl groups is 1. The summed E-state index contributed by atoms with van der Waals surface area (Å²) in [6, 6.07) is 11.6. The molecule has 0 atom stereocenters. The molecule has 0 amide bonds. The largest absolute Gasteiger partial charge is 0.509 e. The van der Waals surface area contributed by atoms with E-state index in [4.69, 9.17) is 14.9 Å². The maximum Gasteiger partial charge on any atom is 0.145 e. The van der Waals surface area contributed by atoms with E-state index in [0.717, 1.165) is 42.9 Å². The Morgan fingerprint density at radius 3 is 2.33 bits per heavy atom. The lowest BCUT2D eigenvalue weighted by atomic mass is 10.2. The van der Waals surface area contributed by atoms with Crippen LogP contribution in [0.5, 0.6) is 11.5 Å². The predicted molar refractivity (Wildman–Crippen MR) is 130 cm³/mol. The van der Waals surface area contributed by atoms with Crippen LogP contribution in [-0.2, 0) is 0 Å². The van der Waals surface area contributed by atoms with Gasteiger partial charge in [-0.3, -0.25) is 5.41 Å². The number of hydrogen-bond acceptors (Lipinski definition) is 7. The fraction of sp³-hybridized carbons (Fsp3) is 0.333. The highest BCUT2D eigenvalue weighted by molar-refractivity contribution is 6.30. The molecule has 2 aliphatic heterocycles. The van der Waals surface area contributed by atoms with Crippen molar-refractivity contribution in [2.24, 2.45) is 0 Å². The molecule has 1 fully saturated rings. The van der Waals surface area contributed by atoms with E-state index < -0.39 is 0 Å². The first-order valence-electron chi connectivity index (χ1n) is 10.9. The second-order valence-electron chi connectivity index (χ2n) is 8.40. The van der Waals surface area contributed by atoms with Gasteiger partial charge in [0.25, 0.3) is 0 Å². The molecule has 5 rings (SSSR count). The van der Waals surface area contributed by atoms with Gasteiger partial charge in [-0.05, 0) is 25.2 Å². The monoisotopic (exact) mass is 448 g/mol. The first-order valence-corrected chi connectivity index (χ1v) is 10.9. The minimum Gasteiger partial charge on any atom is -0.509 e. The predicted octanol–water partition coefficient (Wildman–Crippen LogP) is 3.10. The zero-order valence-electron chi connectivity index (χ0n) is 19.1. The van der Waals surface area contributed by atoms with Crippen molar-refractivity contribution in [3.63, 3.8) is 0 Å². The number of aromatic amines is 1. The Morgan fingerprint density at radius 2 is 1.67 bits per heavy atom. The van der Waals surface area contributed by atoms with Gasteiger partial charge in [-0.25, -0.2) is 4.98 Å². The molecule has 1 aromatic heterocycles. The maximum absolute atomic E-state index is 10.8. The van der Waals surface area contributed by atoms with E-state index in [2.05, 4.69) is 38.9 Å². The first-order chi connectivity index (χ1) is 16.0. The lowest BCUT2D eigenvalue weighted by molar-refractivity contribution is 0.313. The fourth-order valence-electron chi connectivity index (χ4n) is 4.37. The number of hydrogen-bond donors (Lipinski definition) is 3. The molecule has 9 heteroatoms. The average Bonchev–Trinajstić information content (AvgIpc) is 3.38. The molecule has 9 nitrogen and oxygen atoms in total. The van der Waals surface area contributed by atoms with Crippen molar-refractivity contribution >= 4 is 33.8 Å². The van der Waals surface area contributed by atoms with E-state index in [1.807, 2.05) is 18.2 Å². The maximum atomic E-state index is 10.8. The van der Waals surface area contributed by atoms with Crippen LogP contribution in [0.2, 0.25) is 0 Å². The lowest BCUT2D eigenvalue weighted by Crippen LogP contribution is -2.44. The van der Waals surface area contributed by atoms with Gasteiger partial charge in [-0.2, -0.15) is 0 Å². The summed E-state index contributed by atoms with van der Waals surface area (Å²) >= 11 is 0. The van der Waals surface area contributed by atoms with Crippen LogP contribution >= 0.6 is 0 Å². The van der Waals surface area contributed by atoms with Gasteiger partial charge < -0.3 is 34.3 Å². The molecule has 3 N–H and O–H groups in total. The van der Waals surface area contributed by atoms with Gasteiger partial charge in [-0.15, -0.1) is 0 Å². The second-order valence-corrected chi connectivity index (χ2v) is 8.40. The number of piperazine rings is 1. The van der Waals surface area contributed by atoms with Crippen LogP contribution in [0, 0.1) is 5.41 Å². The van der Waals surface area contributed by atoms with Crippen LogP contribution in [0.4, 0.5) is 11.4 Å². The van der Waals surface area contributed by atoms with E-state index in [0.29, 0.717) is 28.6 Å². The van der Waals surface area contributed by atoms with Gasteiger partial charge in [0.15, 0.2) is 0 Å². The molecule has 0 saturated carbocycles. The normalized spacial score (nSPS) is 17.4. The molecule has 2 aliphatic rings. The Morgan fingerprint density at radius 1 is 0.970 bits per heavy atom. The number of aliphatic hydroxyl groups excluding tert-OH is 1. The van der Waals surface area contributed by atoms with Crippen LogP contribution in [0.1, 0.15) is 5.82 Å². The molecular weight excluding hydrogens is 420 g/mol. The van der Waals surface area contributed by atoms with Gasteiger partial charge in [0, 0.05) is 50.1 Å². The number of methoxy groups -OCH3 is 2. The topological polar surface area (TPSA) is 101 Å². The Hall–Kier alpha value is -3.72. The number of fused-ring (bicyclic) bond motifs is 1. The second kappa shape index (κ2) is 8.32. The molecule has 172 valence electrons. The standard InChI is InChI=1S/C24H28N6O3/c1-28-6-8-29(9-7-28)15-4-5-19-20(12-15)27-24(26-19)22-21(31)14-30(23(22)25)16-10-17(32-2)13-18(11-16)33-3/h4-5,10-13,25,31H,6-9,14H2,1-3H3,(H,26,27). The quantitative estimate of drug-likeness (QED) is 0.551. The molecule has 0 aliphatic carbocycles. The molecular formula is C24H28N6O3. The Bertz CT molecular complexity index is 1220. The van der Waals surface area contributed by atoms with Crippen LogP contribution in [0.25, 0.3) is 16.6 Å². The highest BCUT2D eigenvalue weighted by Crippen LogP contribution is 2.35. The number of aromatic nitrogens is 2. The van der Waals surface area contributed by atoms with Gasteiger partial charge in [0.2, 0.25) is 0 Å². The summed E-state index contributed by atoms with van der Waals surface area (Å²) in [5, 5.41) is 19.5. The number of imidazole rings is 1. The third-order valence-electron chi connectivity index (χ3n) is 6.32. The number of ether oxygens (including phenoxy) is 2. The minimum absolute atomic E-state index is 0.0973. The van der Waals surface area contributed by atoms with Crippen LogP contribution in [0.15, 0.2) is 42.2 Å². The highest BCUT2D eigenvalue weighted by atomic mass is 16.5. The number of nitrogens with zero attached hydrogens (tertiary/aromatic N) is 4. The Kier molecular flexibility index (Phi) is 5.33. The van der Waals surface area contributed by atoms with Crippen LogP contribution < -0.4 is 19.3 Å². The van der Waals surface area contributed by atoms with Crippen molar-refractivity contribution in [2.75, 3.05) is 63.8 Å². The molecule has 0 spiro atoms. The van der Waals surface area contributed by atoms with Crippen molar-refractivity contribution in [1.29, 1.82) is 5.41 Å². The number of anilines is 2. The van der Waals surface area contributed by atoms with E-state index >= 15 is 0 Å². The number of rotatable bonds is 5. The van der Waals surface area contributed by atoms with Crippen molar-refractivity contribution in [1.82, 2.24) is 14.9 Å². The molecule has 2 aromatic carbocycles. The average molecular weight is 449 g/mol. The molecule has 0 radical (unpaired) electrons. The van der Waals surface area contributed by atoms with Gasteiger partial charge >= 0.3 is 0 Å². The Labute approximate surface area is 192 Å². The van der Waals surface area contributed by atoms with E-state index in [1.165, 1.54) is 0 Å². The molecule has 3 heterocycles. The zero-order valence-corrected chi connectivity index (χ0v) is 19.1. The third kappa shape index (κ3) is 3.84. The molecule has 3 aromatic rings. The lowest BCUT2D eigenvalue weighted by Gasteiger charge is -2.34. The summed E-state index contributed by atoms with van der Waals surface area (Å²) in [4.78, 5) is 14.4. The first kappa shape index (κ1) is 21.1. The van der Waals surface area contributed by atoms with E-state index in [9.17, 15) is 5.11 Å². The van der Waals surface area contributed by atoms with Crippen LogP contribution in [-0.4, -0.2) is 79.8 Å². The van der Waals surface area contributed by atoms with Crippen molar-refractivity contribution in [2.45, 2.75) is 0 Å². The van der Waals surface area contributed by atoms with E-state index in [-0.39, 0.29) is 18.1 Å². The summed E-state index contributed by atoms with van der Waals surface area (Å²) in [6.07, 6.45) is 0. The minimum atomic E-state index is 0.0973. The molecule has 1 saturated heterocycles. The Balaban J connectivity index is 1.44. The van der Waals surface area contributed by atoms with Crippen LogP contribution in [0.3, 0.4) is 0 Å². The third-order valence-corrected chi connectivity index (χ3v) is 6.32. The summed E-state index contributed by atoms with van der Waals surface area (Å²) in [5.41, 5.74) is 3.93. The van der Waals surface area contributed by atoms with Crippen molar-refractivity contribution < 1.29 is 14.6 Å². The summed E-state index contributed by atoms with van der Waals surface area (Å²) in [7, 11) is 5.31. The smallest absolute Gasteiger partial charge is 0.145 e. The fourth-order valence-corrected chi connectivity index (χ4v) is 4.37. The number of benzene rings is 2. The van der Waals surface area contributed by atoms with Crippen molar-refractivity contribution in [3.05, 3.63) is 48.0 Å². The summed E-state index contributed by atoms with van der Waals surface area (Å²) in [5.74, 6) is 1.98. The molecule has 0 unspecified atom stereocenters. The van der Waals surface area contributed by atoms with Crippen molar-refractivity contribution in [3.8, 4) is 11.5 Å². The molecule has 33 heavy (non-hydrogen) atoms. The van der Waals surface area contributed by atoms with Gasteiger partial charge in [-0.1, -0.05) is 0 Å². The number of H-pyrrole nitrogens is 1. The highest BCUT2D eigenvalue weighted by Gasteiger charge is 2.32. The number of likely N-dealkylation sites (N-methyl/N-ethyl adjacent to an activating group) is 1. The zero-order chi connectivity index (χ0) is 23.1. The summed E-state index contributed by atoms with van der Waals surface area (Å²) < 4.78 is 10.7. The SMILES string of the molecule is COc1cc(OC)cc(N2CC(O)=C(c3nc4ccc(N5CCN(C)CC5)cc4[nH]3)C2=N)c1. The number of nitrogens with one attached hydrogen (secondary N) is 2. The number of amidine groups is 1. The summed E-state index contributed by atoms with van der Waals surface area (Å²) in [6.45, 7) is 4.22. The molecule has 0 bridgehead atoms. The van der Waals surface area contributed by atoms with Gasteiger partial charge in [0.1, 0.15) is 28.9 Å². The van der Waals surface area contributed by atoms with E-state index in [1.54, 1.807) is 25.2 Å². The van der Waals surface area contributed by atoms with Gasteiger partial charge in [0.05, 0.1) is 43.1 Å².